The first-order valence-corrected chi connectivity index (χ1v) is 7.19. The van der Waals surface area contributed by atoms with Gasteiger partial charge in [-0.05, 0) is 25.2 Å². The Hall–Kier alpha value is -1.36. The van der Waals surface area contributed by atoms with Crippen LogP contribution in [0.1, 0.15) is 25.1 Å². The maximum atomic E-state index is 11.9. The normalized spacial score (nSPS) is 25.9. The molecule has 1 saturated carbocycles. The molecule has 2 aliphatic rings. The van der Waals surface area contributed by atoms with Gasteiger partial charge in [0.15, 0.2) is 0 Å². The van der Waals surface area contributed by atoms with E-state index in [2.05, 4.69) is 15.2 Å². The molecule has 0 spiro atoms. The third kappa shape index (κ3) is 2.81. The van der Waals surface area contributed by atoms with Crippen molar-refractivity contribution in [3.8, 4) is 0 Å². The number of nitrogens with zero attached hydrogens (tertiary/aromatic N) is 3. The minimum absolute atomic E-state index is 0.154. The van der Waals surface area contributed by atoms with E-state index in [1.165, 1.54) is 19.3 Å². The lowest BCUT2D eigenvalue weighted by atomic mass is 10.1. The summed E-state index contributed by atoms with van der Waals surface area (Å²) in [6.07, 6.45) is 8.46. The van der Waals surface area contributed by atoms with E-state index < -0.39 is 0 Å². The van der Waals surface area contributed by atoms with Crippen molar-refractivity contribution in [1.29, 1.82) is 0 Å². The first-order chi connectivity index (χ1) is 9.22. The second kappa shape index (κ2) is 5.33. The van der Waals surface area contributed by atoms with E-state index in [1.807, 2.05) is 17.8 Å². The van der Waals surface area contributed by atoms with E-state index in [0.29, 0.717) is 19.1 Å². The molecule has 2 atom stereocenters. The molecular formula is C14H22N4O. The molecular weight excluding hydrogens is 240 g/mol. The van der Waals surface area contributed by atoms with E-state index in [1.54, 1.807) is 6.20 Å². The van der Waals surface area contributed by atoms with Crippen molar-refractivity contribution in [1.82, 2.24) is 19.8 Å². The highest BCUT2D eigenvalue weighted by Gasteiger charge is 2.38. The summed E-state index contributed by atoms with van der Waals surface area (Å²) in [5.41, 5.74) is 0. The van der Waals surface area contributed by atoms with E-state index >= 15 is 0 Å². The first kappa shape index (κ1) is 12.7. The van der Waals surface area contributed by atoms with Gasteiger partial charge in [-0.15, -0.1) is 0 Å². The number of nitrogens with one attached hydrogen (secondary N) is 1. The minimum atomic E-state index is 0.154. The third-order valence-corrected chi connectivity index (χ3v) is 4.46. The van der Waals surface area contributed by atoms with Crippen LogP contribution in [-0.2, 0) is 18.3 Å². The fourth-order valence-corrected chi connectivity index (χ4v) is 3.41. The number of aryl methyl sites for hydroxylation is 1. The second-order valence-electron chi connectivity index (χ2n) is 5.82. The molecule has 0 unspecified atom stereocenters. The van der Waals surface area contributed by atoms with Crippen LogP contribution in [0.2, 0.25) is 0 Å². The van der Waals surface area contributed by atoms with Crippen molar-refractivity contribution in [3.63, 3.8) is 0 Å². The number of likely N-dealkylation sites (tertiary alicyclic amines) is 1. The Bertz CT molecular complexity index is 456. The summed E-state index contributed by atoms with van der Waals surface area (Å²) in [4.78, 5) is 18.5. The number of amides is 1. The Labute approximate surface area is 114 Å². The number of aromatic nitrogens is 2. The third-order valence-electron chi connectivity index (χ3n) is 4.46. The zero-order valence-corrected chi connectivity index (χ0v) is 11.5. The average molecular weight is 262 g/mol. The predicted molar refractivity (Wildman–Crippen MR) is 72.6 cm³/mol. The van der Waals surface area contributed by atoms with Gasteiger partial charge >= 0.3 is 0 Å². The standard InChI is InChI=1S/C14H22N4O/c1-17-7-6-15-13(17)4-5-16-14(19)10-18-9-11-2-3-12(18)8-11/h6-7,11-12H,2-5,8-10H2,1H3,(H,16,19)/t11-,12+/m1/s1. The molecule has 1 aliphatic carbocycles. The average Bonchev–Trinajstić information content (AvgIpc) is 3.07. The first-order valence-electron chi connectivity index (χ1n) is 7.19. The number of hydrogen-bond acceptors (Lipinski definition) is 3. The number of imidazole rings is 1. The zero-order valence-electron chi connectivity index (χ0n) is 11.5. The Morgan fingerprint density at radius 3 is 3.05 bits per heavy atom. The molecule has 2 heterocycles. The van der Waals surface area contributed by atoms with Crippen molar-refractivity contribution >= 4 is 5.91 Å². The lowest BCUT2D eigenvalue weighted by molar-refractivity contribution is -0.122. The lowest BCUT2D eigenvalue weighted by Gasteiger charge is -2.25. The minimum Gasteiger partial charge on any atom is -0.355 e. The molecule has 1 aromatic heterocycles. The molecule has 2 fully saturated rings. The van der Waals surface area contributed by atoms with Gasteiger partial charge in [-0.25, -0.2) is 4.98 Å². The van der Waals surface area contributed by atoms with Gasteiger partial charge in [-0.1, -0.05) is 0 Å². The number of fused-ring (bicyclic) bond motifs is 2. The van der Waals surface area contributed by atoms with Crippen molar-refractivity contribution in [2.24, 2.45) is 13.0 Å². The molecule has 0 radical (unpaired) electrons. The van der Waals surface area contributed by atoms with Crippen LogP contribution >= 0.6 is 0 Å². The van der Waals surface area contributed by atoms with Gasteiger partial charge in [0.1, 0.15) is 5.82 Å². The highest BCUT2D eigenvalue weighted by Crippen LogP contribution is 2.36. The smallest absolute Gasteiger partial charge is 0.234 e. The zero-order chi connectivity index (χ0) is 13.2. The van der Waals surface area contributed by atoms with Crippen molar-refractivity contribution in [3.05, 3.63) is 18.2 Å². The quantitative estimate of drug-likeness (QED) is 0.843. The summed E-state index contributed by atoms with van der Waals surface area (Å²) in [6, 6.07) is 0.672. The van der Waals surface area contributed by atoms with Crippen LogP contribution < -0.4 is 5.32 Å². The Balaban J connectivity index is 1.39. The van der Waals surface area contributed by atoms with Crippen molar-refractivity contribution < 1.29 is 4.79 Å². The van der Waals surface area contributed by atoms with Crippen LogP contribution in [-0.4, -0.2) is 46.0 Å². The van der Waals surface area contributed by atoms with Crippen molar-refractivity contribution in [2.75, 3.05) is 19.6 Å². The largest absolute Gasteiger partial charge is 0.355 e. The number of rotatable bonds is 5. The molecule has 104 valence electrons. The van der Waals surface area contributed by atoms with Crippen molar-refractivity contribution in [2.45, 2.75) is 31.7 Å². The number of hydrogen-bond donors (Lipinski definition) is 1. The molecule has 2 bridgehead atoms. The van der Waals surface area contributed by atoms with Crippen LogP contribution in [0, 0.1) is 5.92 Å². The molecule has 0 aromatic carbocycles. The SMILES string of the molecule is Cn1ccnc1CCNC(=O)CN1C[C@@H]2CC[C@H]1C2. The molecule has 5 heteroatoms. The molecule has 5 nitrogen and oxygen atoms in total. The van der Waals surface area contributed by atoms with Gasteiger partial charge in [-0.2, -0.15) is 0 Å². The molecule has 1 aromatic rings. The molecule has 19 heavy (non-hydrogen) atoms. The van der Waals surface area contributed by atoms with Crippen LogP contribution in [0.15, 0.2) is 12.4 Å². The summed E-state index contributed by atoms with van der Waals surface area (Å²) >= 11 is 0. The van der Waals surface area contributed by atoms with Gasteiger partial charge in [0.05, 0.1) is 6.54 Å². The molecule has 1 saturated heterocycles. The molecule has 1 aliphatic heterocycles. The summed E-state index contributed by atoms with van der Waals surface area (Å²) < 4.78 is 1.99. The maximum absolute atomic E-state index is 11.9. The Kier molecular flexibility index (Phi) is 3.55. The van der Waals surface area contributed by atoms with E-state index in [4.69, 9.17) is 0 Å². The fourth-order valence-electron chi connectivity index (χ4n) is 3.41. The fraction of sp³-hybridized carbons (Fsp3) is 0.714. The second-order valence-corrected chi connectivity index (χ2v) is 5.82. The van der Waals surface area contributed by atoms with Crippen LogP contribution in [0.3, 0.4) is 0 Å². The number of carbonyl (C=O) groups excluding carboxylic acids is 1. The monoisotopic (exact) mass is 262 g/mol. The lowest BCUT2D eigenvalue weighted by Crippen LogP contribution is -2.41. The summed E-state index contributed by atoms with van der Waals surface area (Å²) in [5, 5.41) is 3.00. The van der Waals surface area contributed by atoms with Gasteiger partial charge in [0.2, 0.25) is 5.91 Å². The molecule has 3 rings (SSSR count). The van der Waals surface area contributed by atoms with E-state index in [0.717, 1.165) is 24.7 Å². The Morgan fingerprint density at radius 2 is 2.42 bits per heavy atom. The van der Waals surface area contributed by atoms with Crippen LogP contribution in [0.4, 0.5) is 0 Å². The summed E-state index contributed by atoms with van der Waals surface area (Å²) in [7, 11) is 1.98. The van der Waals surface area contributed by atoms with Crippen LogP contribution in [0.5, 0.6) is 0 Å². The molecule has 1 amide bonds. The highest BCUT2D eigenvalue weighted by atomic mass is 16.2. The van der Waals surface area contributed by atoms with Gasteiger partial charge in [-0.3, -0.25) is 9.69 Å². The van der Waals surface area contributed by atoms with E-state index in [-0.39, 0.29) is 5.91 Å². The number of carbonyl (C=O) groups is 1. The highest BCUT2D eigenvalue weighted by molar-refractivity contribution is 5.78. The maximum Gasteiger partial charge on any atom is 0.234 e. The Morgan fingerprint density at radius 1 is 1.53 bits per heavy atom. The summed E-state index contributed by atoms with van der Waals surface area (Å²) in [6.45, 7) is 2.37. The van der Waals surface area contributed by atoms with Gasteiger partial charge in [0, 0.05) is 45.0 Å². The predicted octanol–water partition coefficient (Wildman–Crippen LogP) is 0.563. The van der Waals surface area contributed by atoms with E-state index in [9.17, 15) is 4.79 Å². The number of piperidine rings is 1. The van der Waals surface area contributed by atoms with Gasteiger partial charge in [0.25, 0.3) is 0 Å². The van der Waals surface area contributed by atoms with Crippen LogP contribution in [0.25, 0.3) is 0 Å². The van der Waals surface area contributed by atoms with Gasteiger partial charge < -0.3 is 9.88 Å². The molecule has 1 N–H and O–H groups in total. The topological polar surface area (TPSA) is 50.2 Å². The summed E-state index contributed by atoms with van der Waals surface area (Å²) in [5.74, 6) is 2.02.